The average Bonchev–Trinajstić information content (AvgIpc) is 3.29. The number of furan rings is 1. The van der Waals surface area contributed by atoms with Crippen molar-refractivity contribution in [3.63, 3.8) is 0 Å². The number of nitrogens with zero attached hydrogens (tertiary/aromatic N) is 2. The van der Waals surface area contributed by atoms with E-state index in [1.807, 2.05) is 68.0 Å². The van der Waals surface area contributed by atoms with Crippen LogP contribution in [0.3, 0.4) is 0 Å². The molecule has 0 saturated carbocycles. The quantitative estimate of drug-likeness (QED) is 0.534. The van der Waals surface area contributed by atoms with Gasteiger partial charge in [0.05, 0.1) is 5.69 Å². The van der Waals surface area contributed by atoms with Crippen LogP contribution in [-0.2, 0) is 20.2 Å². The molecule has 4 aromatic rings. The van der Waals surface area contributed by atoms with Crippen LogP contribution in [0.25, 0.3) is 10.8 Å². The Kier molecular flexibility index (Phi) is 5.08. The first kappa shape index (κ1) is 18.8. The van der Waals surface area contributed by atoms with E-state index in [-0.39, 0.29) is 18.3 Å². The molecule has 0 aliphatic heterocycles. The molecule has 2 aromatic carbocycles. The molecule has 2 aromatic heterocycles. The number of amides is 1. The normalized spacial score (nSPS) is 11.0. The summed E-state index contributed by atoms with van der Waals surface area (Å²) in [7, 11) is 1.89. The fraction of sp³-hybridized carbons (Fsp3) is 0.217. The van der Waals surface area contributed by atoms with Crippen molar-refractivity contribution < 1.29 is 13.9 Å². The van der Waals surface area contributed by atoms with Gasteiger partial charge < -0.3 is 14.5 Å². The topological polar surface area (TPSA) is 69.3 Å². The molecule has 148 valence electrons. The van der Waals surface area contributed by atoms with Crippen LogP contribution in [0.5, 0.6) is 5.75 Å². The van der Waals surface area contributed by atoms with Crippen LogP contribution < -0.4 is 10.1 Å². The third-order valence-electron chi connectivity index (χ3n) is 5.09. The fourth-order valence-electron chi connectivity index (χ4n) is 3.38. The highest BCUT2D eigenvalue weighted by molar-refractivity contribution is 5.91. The number of nitrogens with one attached hydrogen (secondary N) is 1. The average molecular weight is 389 g/mol. The third-order valence-corrected chi connectivity index (χ3v) is 5.09. The largest absolute Gasteiger partial charge is 0.485 e. The van der Waals surface area contributed by atoms with Gasteiger partial charge in [-0.3, -0.25) is 9.48 Å². The summed E-state index contributed by atoms with van der Waals surface area (Å²) in [5.41, 5.74) is 2.97. The summed E-state index contributed by atoms with van der Waals surface area (Å²) in [5, 5.41) is 9.42. The molecule has 1 amide bonds. The lowest BCUT2D eigenvalue weighted by Crippen LogP contribution is -2.23. The molecule has 0 radical (unpaired) electrons. The lowest BCUT2D eigenvalue weighted by molar-refractivity contribution is 0.0919. The standard InChI is InChI=1S/C23H23N3O3/c1-15-20(16(2)26(3)25-15)13-24-23(27)22-12-11-18(29-22)14-28-21-10-6-8-17-7-4-5-9-19(17)21/h4-12H,13-14H2,1-3H3,(H,24,27). The lowest BCUT2D eigenvalue weighted by atomic mass is 10.1. The van der Waals surface area contributed by atoms with Gasteiger partial charge in [0.25, 0.3) is 5.91 Å². The monoisotopic (exact) mass is 389 g/mol. The van der Waals surface area contributed by atoms with Crippen molar-refractivity contribution in [1.29, 1.82) is 0 Å². The molecule has 0 aliphatic rings. The predicted molar refractivity (Wildman–Crippen MR) is 111 cm³/mol. The summed E-state index contributed by atoms with van der Waals surface area (Å²) >= 11 is 0. The predicted octanol–water partition coefficient (Wildman–Crippen LogP) is 4.29. The highest BCUT2D eigenvalue weighted by atomic mass is 16.5. The van der Waals surface area contributed by atoms with Crippen molar-refractivity contribution in [3.8, 4) is 5.75 Å². The highest BCUT2D eigenvalue weighted by Crippen LogP contribution is 2.26. The summed E-state index contributed by atoms with van der Waals surface area (Å²) in [6.45, 7) is 4.58. The van der Waals surface area contributed by atoms with Gasteiger partial charge in [-0.2, -0.15) is 5.10 Å². The molecule has 4 rings (SSSR count). The number of rotatable bonds is 6. The Balaban J connectivity index is 1.39. The number of aryl methyl sites for hydroxylation is 2. The van der Waals surface area contributed by atoms with Crippen LogP contribution in [0.2, 0.25) is 0 Å². The van der Waals surface area contributed by atoms with Crippen molar-refractivity contribution in [1.82, 2.24) is 15.1 Å². The maximum absolute atomic E-state index is 12.4. The van der Waals surface area contributed by atoms with Crippen molar-refractivity contribution in [3.05, 3.63) is 83.1 Å². The summed E-state index contributed by atoms with van der Waals surface area (Å²) in [5.74, 6) is 1.38. The number of ether oxygens (including phenoxy) is 1. The van der Waals surface area contributed by atoms with E-state index in [1.165, 1.54) is 0 Å². The first-order valence-electron chi connectivity index (χ1n) is 9.49. The molecule has 29 heavy (non-hydrogen) atoms. The second-order valence-electron chi connectivity index (χ2n) is 6.99. The number of fused-ring (bicyclic) bond motifs is 1. The van der Waals surface area contributed by atoms with Gasteiger partial charge in [0.15, 0.2) is 5.76 Å². The maximum atomic E-state index is 12.4. The minimum Gasteiger partial charge on any atom is -0.485 e. The van der Waals surface area contributed by atoms with E-state index in [0.29, 0.717) is 12.3 Å². The van der Waals surface area contributed by atoms with Crippen LogP contribution in [0, 0.1) is 13.8 Å². The van der Waals surface area contributed by atoms with Crippen LogP contribution >= 0.6 is 0 Å². The summed E-state index contributed by atoms with van der Waals surface area (Å²) in [4.78, 5) is 12.4. The molecule has 1 N–H and O–H groups in total. The zero-order chi connectivity index (χ0) is 20.4. The highest BCUT2D eigenvalue weighted by Gasteiger charge is 2.15. The van der Waals surface area contributed by atoms with Gasteiger partial charge in [-0.25, -0.2) is 0 Å². The molecule has 6 nitrogen and oxygen atoms in total. The Morgan fingerprint density at radius 2 is 1.90 bits per heavy atom. The van der Waals surface area contributed by atoms with Crippen molar-refractivity contribution >= 4 is 16.7 Å². The van der Waals surface area contributed by atoms with Crippen LogP contribution in [0.1, 0.15) is 33.3 Å². The van der Waals surface area contributed by atoms with Crippen LogP contribution in [0.4, 0.5) is 0 Å². The summed E-state index contributed by atoms with van der Waals surface area (Å²) in [6, 6.07) is 17.4. The maximum Gasteiger partial charge on any atom is 0.287 e. The first-order chi connectivity index (χ1) is 14.0. The van der Waals surface area contributed by atoms with E-state index in [2.05, 4.69) is 10.4 Å². The molecular weight excluding hydrogens is 366 g/mol. The van der Waals surface area contributed by atoms with E-state index < -0.39 is 0 Å². The number of hydrogen-bond acceptors (Lipinski definition) is 4. The molecular formula is C23H23N3O3. The van der Waals surface area contributed by atoms with E-state index in [9.17, 15) is 4.79 Å². The molecule has 0 aliphatic carbocycles. The third kappa shape index (κ3) is 3.87. The Labute approximate surface area is 169 Å². The second kappa shape index (κ2) is 7.83. The van der Waals surface area contributed by atoms with E-state index in [1.54, 1.807) is 12.1 Å². The van der Waals surface area contributed by atoms with Gasteiger partial charge in [0, 0.05) is 30.2 Å². The zero-order valence-corrected chi connectivity index (χ0v) is 16.7. The second-order valence-corrected chi connectivity index (χ2v) is 6.99. The molecule has 0 saturated heterocycles. The number of aromatic nitrogens is 2. The first-order valence-corrected chi connectivity index (χ1v) is 9.49. The molecule has 0 fully saturated rings. The molecule has 2 heterocycles. The minimum atomic E-state index is -0.260. The Bertz CT molecular complexity index is 1170. The van der Waals surface area contributed by atoms with Gasteiger partial charge in [-0.1, -0.05) is 36.4 Å². The molecule has 0 bridgehead atoms. The van der Waals surface area contributed by atoms with Gasteiger partial charge in [-0.05, 0) is 37.4 Å². The molecule has 0 unspecified atom stereocenters. The summed E-state index contributed by atoms with van der Waals surface area (Å²) < 4.78 is 13.4. The van der Waals surface area contributed by atoms with E-state index in [0.717, 1.165) is 33.5 Å². The number of benzene rings is 2. The Hall–Kier alpha value is -3.54. The zero-order valence-electron chi connectivity index (χ0n) is 16.7. The minimum absolute atomic E-state index is 0.252. The number of carbonyl (C=O) groups excluding carboxylic acids is 1. The molecule has 0 atom stereocenters. The van der Waals surface area contributed by atoms with E-state index >= 15 is 0 Å². The Morgan fingerprint density at radius 1 is 1.10 bits per heavy atom. The Morgan fingerprint density at radius 3 is 2.69 bits per heavy atom. The van der Waals surface area contributed by atoms with Gasteiger partial charge >= 0.3 is 0 Å². The van der Waals surface area contributed by atoms with Crippen molar-refractivity contribution in [2.24, 2.45) is 7.05 Å². The van der Waals surface area contributed by atoms with Gasteiger partial charge in [-0.15, -0.1) is 0 Å². The van der Waals surface area contributed by atoms with Gasteiger partial charge in [0.2, 0.25) is 0 Å². The van der Waals surface area contributed by atoms with Crippen molar-refractivity contribution in [2.45, 2.75) is 27.0 Å². The fourth-order valence-corrected chi connectivity index (χ4v) is 3.38. The van der Waals surface area contributed by atoms with Gasteiger partial charge in [0.1, 0.15) is 18.1 Å². The van der Waals surface area contributed by atoms with Crippen LogP contribution in [0.15, 0.2) is 59.0 Å². The number of carbonyl (C=O) groups is 1. The summed E-state index contributed by atoms with van der Waals surface area (Å²) in [6.07, 6.45) is 0. The van der Waals surface area contributed by atoms with E-state index in [4.69, 9.17) is 9.15 Å². The smallest absolute Gasteiger partial charge is 0.287 e. The lowest BCUT2D eigenvalue weighted by Gasteiger charge is -2.08. The number of hydrogen-bond donors (Lipinski definition) is 1. The molecule has 6 heteroatoms. The van der Waals surface area contributed by atoms with Crippen molar-refractivity contribution in [2.75, 3.05) is 0 Å². The van der Waals surface area contributed by atoms with Crippen LogP contribution in [-0.4, -0.2) is 15.7 Å². The molecule has 0 spiro atoms. The SMILES string of the molecule is Cc1nn(C)c(C)c1CNC(=O)c1ccc(COc2cccc3ccccc23)o1.